The number of halogens is 3. The third-order valence-electron chi connectivity index (χ3n) is 3.54. The van der Waals surface area contributed by atoms with Crippen molar-refractivity contribution in [3.8, 4) is 0 Å². The van der Waals surface area contributed by atoms with Crippen LogP contribution in [0.3, 0.4) is 0 Å². The lowest BCUT2D eigenvalue weighted by Crippen LogP contribution is -2.22. The normalized spacial score (nSPS) is 13.8. The van der Waals surface area contributed by atoms with Gasteiger partial charge in [-0.1, -0.05) is 6.92 Å². The summed E-state index contributed by atoms with van der Waals surface area (Å²) in [6, 6.07) is 1.64. The molecule has 1 amide bonds. The second-order valence-corrected chi connectivity index (χ2v) is 7.58. The molecule has 138 valence electrons. The first-order valence-electron chi connectivity index (χ1n) is 7.60. The van der Waals surface area contributed by atoms with Crippen LogP contribution in [0.25, 0.3) is 0 Å². The van der Waals surface area contributed by atoms with Gasteiger partial charge >= 0.3 is 6.18 Å². The number of hydrogen-bond acceptors (Lipinski definition) is 4. The maximum Gasteiger partial charge on any atom is 0.435 e. The monoisotopic (exact) mass is 375 g/mol. The van der Waals surface area contributed by atoms with Gasteiger partial charge in [0, 0.05) is 18.1 Å². The number of nitrogens with one attached hydrogen (secondary N) is 1. The van der Waals surface area contributed by atoms with Crippen LogP contribution in [0.15, 0.2) is 17.6 Å². The molecule has 0 radical (unpaired) electrons. The summed E-state index contributed by atoms with van der Waals surface area (Å²) in [7, 11) is 1.33. The van der Waals surface area contributed by atoms with E-state index in [9.17, 15) is 23.1 Å². The molecule has 0 aliphatic heterocycles. The van der Waals surface area contributed by atoms with E-state index in [-0.39, 0.29) is 5.92 Å². The molecule has 25 heavy (non-hydrogen) atoms. The van der Waals surface area contributed by atoms with Gasteiger partial charge in [0.2, 0.25) is 0 Å². The van der Waals surface area contributed by atoms with E-state index in [2.05, 4.69) is 10.4 Å². The highest BCUT2D eigenvalue weighted by atomic mass is 32.1. The molecule has 0 aliphatic carbocycles. The summed E-state index contributed by atoms with van der Waals surface area (Å²) in [6.07, 6.45) is -3.21. The molecule has 2 rings (SSSR count). The van der Waals surface area contributed by atoms with Crippen LogP contribution in [0, 0.1) is 0 Å². The van der Waals surface area contributed by atoms with Crippen LogP contribution in [0.1, 0.15) is 54.0 Å². The van der Waals surface area contributed by atoms with E-state index in [1.54, 1.807) is 25.3 Å². The number of aromatic nitrogens is 2. The first kappa shape index (κ1) is 19.5. The van der Waals surface area contributed by atoms with Crippen LogP contribution in [0.2, 0.25) is 0 Å². The van der Waals surface area contributed by atoms with E-state index in [4.69, 9.17) is 0 Å². The Labute approximate surface area is 147 Å². The summed E-state index contributed by atoms with van der Waals surface area (Å²) in [5.74, 6) is -0.929. The Hall–Kier alpha value is -1.87. The minimum Gasteiger partial charge on any atom is -0.390 e. The smallest absolute Gasteiger partial charge is 0.390 e. The van der Waals surface area contributed by atoms with Crippen molar-refractivity contribution in [2.75, 3.05) is 5.32 Å². The predicted molar refractivity (Wildman–Crippen MR) is 89.8 cm³/mol. The maximum absolute atomic E-state index is 13.0. The summed E-state index contributed by atoms with van der Waals surface area (Å²) in [5.41, 5.74) is -2.18. The molecule has 0 saturated heterocycles. The summed E-state index contributed by atoms with van der Waals surface area (Å²) in [5, 5.41) is 17.6. The molecule has 2 aromatic heterocycles. The first-order chi connectivity index (χ1) is 11.4. The van der Waals surface area contributed by atoms with E-state index in [1.165, 1.54) is 18.4 Å². The Morgan fingerprint density at radius 3 is 2.64 bits per heavy atom. The van der Waals surface area contributed by atoms with Crippen LogP contribution in [0.5, 0.6) is 0 Å². The van der Waals surface area contributed by atoms with Crippen molar-refractivity contribution < 1.29 is 23.1 Å². The van der Waals surface area contributed by atoms with Crippen LogP contribution in [-0.2, 0) is 13.2 Å². The first-order valence-corrected chi connectivity index (χ1v) is 8.48. The molecule has 2 heterocycles. The van der Waals surface area contributed by atoms with Crippen LogP contribution < -0.4 is 5.32 Å². The fraction of sp³-hybridized carbons (Fsp3) is 0.500. The van der Waals surface area contributed by atoms with Crippen molar-refractivity contribution in [2.24, 2.45) is 7.05 Å². The quantitative estimate of drug-likeness (QED) is 0.830. The SMILES string of the molecule is CC(CC(C)(C)O)c1sccc1NC(=O)c1cn(C)nc1C(F)(F)F. The predicted octanol–water partition coefficient (Wildman–Crippen LogP) is 4.02. The average molecular weight is 375 g/mol. The van der Waals surface area contributed by atoms with E-state index in [0.29, 0.717) is 12.1 Å². The number of aryl methyl sites for hydroxylation is 1. The number of carbonyl (C=O) groups excluding carboxylic acids is 1. The molecule has 2 aromatic rings. The Morgan fingerprint density at radius 2 is 2.08 bits per heavy atom. The molecule has 9 heteroatoms. The van der Waals surface area contributed by atoms with Gasteiger partial charge in [0.15, 0.2) is 5.69 Å². The molecular weight excluding hydrogens is 355 g/mol. The van der Waals surface area contributed by atoms with Crippen molar-refractivity contribution >= 4 is 22.9 Å². The van der Waals surface area contributed by atoms with E-state index < -0.39 is 28.9 Å². The molecule has 0 fully saturated rings. The van der Waals surface area contributed by atoms with Gasteiger partial charge in [-0.3, -0.25) is 9.48 Å². The highest BCUT2D eigenvalue weighted by Gasteiger charge is 2.39. The fourth-order valence-electron chi connectivity index (χ4n) is 2.70. The topological polar surface area (TPSA) is 67.2 Å². The fourth-order valence-corrected chi connectivity index (χ4v) is 3.61. The Balaban J connectivity index is 2.25. The summed E-state index contributed by atoms with van der Waals surface area (Å²) in [6.45, 7) is 5.26. The van der Waals surface area contributed by atoms with Gasteiger partial charge < -0.3 is 10.4 Å². The lowest BCUT2D eigenvalue weighted by molar-refractivity contribution is -0.141. The number of alkyl halides is 3. The molecule has 0 bridgehead atoms. The zero-order chi connectivity index (χ0) is 19.0. The van der Waals surface area contributed by atoms with Crippen molar-refractivity contribution in [3.05, 3.63) is 33.8 Å². The number of anilines is 1. The number of carbonyl (C=O) groups is 1. The maximum atomic E-state index is 13.0. The Bertz CT molecular complexity index is 759. The molecule has 0 aromatic carbocycles. The standard InChI is InChI=1S/C16H20F3N3O2S/c1-9(7-15(2,3)24)12-11(5-6-25-12)20-14(23)10-8-22(4)21-13(10)16(17,18)19/h5-6,8-9,24H,7H2,1-4H3,(H,20,23). The summed E-state index contributed by atoms with van der Waals surface area (Å²) >= 11 is 1.38. The highest BCUT2D eigenvalue weighted by molar-refractivity contribution is 7.10. The number of nitrogens with zero attached hydrogens (tertiary/aromatic N) is 2. The number of aliphatic hydroxyl groups is 1. The zero-order valence-electron chi connectivity index (χ0n) is 14.3. The molecular formula is C16H20F3N3O2S. The van der Waals surface area contributed by atoms with Crippen molar-refractivity contribution in [2.45, 2.75) is 44.9 Å². The van der Waals surface area contributed by atoms with Crippen LogP contribution >= 0.6 is 11.3 Å². The van der Waals surface area contributed by atoms with E-state index in [0.717, 1.165) is 15.8 Å². The lowest BCUT2D eigenvalue weighted by atomic mass is 9.93. The number of thiophene rings is 1. The second kappa shape index (κ2) is 6.80. The molecule has 1 unspecified atom stereocenters. The third kappa shape index (κ3) is 4.82. The highest BCUT2D eigenvalue weighted by Crippen LogP contribution is 2.36. The Morgan fingerprint density at radius 1 is 1.44 bits per heavy atom. The molecule has 0 aliphatic rings. The third-order valence-corrected chi connectivity index (χ3v) is 4.69. The minimum atomic E-state index is -4.71. The zero-order valence-corrected chi connectivity index (χ0v) is 15.1. The number of rotatable bonds is 5. The summed E-state index contributed by atoms with van der Waals surface area (Å²) in [4.78, 5) is 13.1. The van der Waals surface area contributed by atoms with E-state index >= 15 is 0 Å². The Kier molecular flexibility index (Phi) is 5.29. The van der Waals surface area contributed by atoms with Crippen LogP contribution in [0.4, 0.5) is 18.9 Å². The molecule has 2 N–H and O–H groups in total. The molecule has 5 nitrogen and oxygen atoms in total. The van der Waals surface area contributed by atoms with Gasteiger partial charge in [0.1, 0.15) is 0 Å². The van der Waals surface area contributed by atoms with Gasteiger partial charge in [0.05, 0.1) is 16.9 Å². The number of amides is 1. The van der Waals surface area contributed by atoms with Crippen molar-refractivity contribution in [3.63, 3.8) is 0 Å². The molecule has 1 atom stereocenters. The van der Waals surface area contributed by atoms with Crippen LogP contribution in [-0.4, -0.2) is 26.4 Å². The van der Waals surface area contributed by atoms with E-state index in [1.807, 2.05) is 6.92 Å². The van der Waals surface area contributed by atoms with Gasteiger partial charge in [-0.15, -0.1) is 11.3 Å². The van der Waals surface area contributed by atoms with Gasteiger partial charge in [-0.25, -0.2) is 0 Å². The second-order valence-electron chi connectivity index (χ2n) is 6.63. The average Bonchev–Trinajstić information content (AvgIpc) is 3.02. The lowest BCUT2D eigenvalue weighted by Gasteiger charge is -2.22. The van der Waals surface area contributed by atoms with Crippen molar-refractivity contribution in [1.29, 1.82) is 0 Å². The minimum absolute atomic E-state index is 0.0636. The molecule has 0 saturated carbocycles. The van der Waals surface area contributed by atoms with Gasteiger partial charge in [-0.05, 0) is 37.6 Å². The number of hydrogen-bond donors (Lipinski definition) is 2. The summed E-state index contributed by atoms with van der Waals surface area (Å²) < 4.78 is 40.0. The van der Waals surface area contributed by atoms with Gasteiger partial charge in [-0.2, -0.15) is 18.3 Å². The van der Waals surface area contributed by atoms with Crippen molar-refractivity contribution in [1.82, 2.24) is 9.78 Å². The largest absolute Gasteiger partial charge is 0.435 e. The van der Waals surface area contributed by atoms with Gasteiger partial charge in [0.25, 0.3) is 5.91 Å². The molecule has 0 spiro atoms.